The lowest BCUT2D eigenvalue weighted by atomic mass is 10.1. The number of benzene rings is 1. The third-order valence-corrected chi connectivity index (χ3v) is 6.07. The SMILES string of the molecule is CCn1c(SCC(=O)N(C)c2ccccc2C(=O)OC)nc2ccsc2c1=O. The van der Waals surface area contributed by atoms with Gasteiger partial charge in [-0.15, -0.1) is 11.3 Å². The topological polar surface area (TPSA) is 81.5 Å². The van der Waals surface area contributed by atoms with E-state index >= 15 is 0 Å². The Labute approximate surface area is 169 Å². The molecular formula is C19H19N3O4S2. The Morgan fingerprint density at radius 2 is 2.04 bits per heavy atom. The van der Waals surface area contributed by atoms with Crippen molar-refractivity contribution in [2.24, 2.45) is 0 Å². The number of thiophene rings is 1. The zero-order chi connectivity index (χ0) is 20.3. The molecule has 0 aliphatic carbocycles. The fourth-order valence-corrected chi connectivity index (χ4v) is 4.47. The molecule has 1 aromatic carbocycles. The second-order valence-corrected chi connectivity index (χ2v) is 7.69. The average Bonchev–Trinajstić information content (AvgIpc) is 3.19. The number of esters is 1. The molecule has 0 bridgehead atoms. The lowest BCUT2D eigenvalue weighted by Crippen LogP contribution is -2.30. The second-order valence-electron chi connectivity index (χ2n) is 5.83. The Morgan fingerprint density at radius 1 is 1.29 bits per heavy atom. The standard InChI is InChI=1S/C19H19N3O4S2/c1-4-22-17(24)16-13(9-10-27-16)20-19(22)28-11-15(23)21(2)14-8-6-5-7-12(14)18(25)26-3/h5-10H,4,11H2,1-3H3. The zero-order valence-electron chi connectivity index (χ0n) is 15.7. The first-order chi connectivity index (χ1) is 13.5. The number of para-hydroxylation sites is 1. The quantitative estimate of drug-likeness (QED) is 0.348. The minimum Gasteiger partial charge on any atom is -0.465 e. The molecule has 2 heterocycles. The molecule has 0 aliphatic heterocycles. The Balaban J connectivity index is 1.82. The van der Waals surface area contributed by atoms with Gasteiger partial charge in [0.2, 0.25) is 5.91 Å². The van der Waals surface area contributed by atoms with Crippen molar-refractivity contribution in [1.82, 2.24) is 9.55 Å². The summed E-state index contributed by atoms with van der Waals surface area (Å²) < 4.78 is 6.96. The van der Waals surface area contributed by atoms with Crippen molar-refractivity contribution >= 4 is 50.9 Å². The van der Waals surface area contributed by atoms with Crippen molar-refractivity contribution in [3.63, 3.8) is 0 Å². The highest BCUT2D eigenvalue weighted by Crippen LogP contribution is 2.24. The molecule has 0 N–H and O–H groups in total. The highest BCUT2D eigenvalue weighted by molar-refractivity contribution is 7.99. The summed E-state index contributed by atoms with van der Waals surface area (Å²) in [6.07, 6.45) is 0. The number of aromatic nitrogens is 2. The fourth-order valence-electron chi connectivity index (χ4n) is 2.72. The maximum Gasteiger partial charge on any atom is 0.339 e. The van der Waals surface area contributed by atoms with Crippen LogP contribution in [0.15, 0.2) is 45.7 Å². The lowest BCUT2D eigenvalue weighted by Gasteiger charge is -2.20. The van der Waals surface area contributed by atoms with Crippen LogP contribution in [0.25, 0.3) is 10.2 Å². The molecule has 28 heavy (non-hydrogen) atoms. The van der Waals surface area contributed by atoms with Gasteiger partial charge in [0.25, 0.3) is 5.56 Å². The first-order valence-corrected chi connectivity index (χ1v) is 10.4. The molecule has 9 heteroatoms. The van der Waals surface area contributed by atoms with Gasteiger partial charge in [0.15, 0.2) is 5.16 Å². The number of methoxy groups -OCH3 is 1. The third-order valence-electron chi connectivity index (χ3n) is 4.22. The predicted octanol–water partition coefficient (Wildman–Crippen LogP) is 3.02. The second kappa shape index (κ2) is 8.57. The van der Waals surface area contributed by atoms with Crippen LogP contribution < -0.4 is 10.5 Å². The smallest absolute Gasteiger partial charge is 0.339 e. The van der Waals surface area contributed by atoms with Crippen molar-refractivity contribution < 1.29 is 14.3 Å². The number of amides is 1. The van der Waals surface area contributed by atoms with Gasteiger partial charge in [-0.2, -0.15) is 0 Å². The van der Waals surface area contributed by atoms with E-state index in [1.807, 2.05) is 12.3 Å². The number of rotatable bonds is 6. The average molecular weight is 418 g/mol. The number of thioether (sulfide) groups is 1. The third kappa shape index (κ3) is 3.81. The molecule has 0 saturated carbocycles. The molecule has 0 unspecified atom stereocenters. The number of carbonyl (C=O) groups excluding carboxylic acids is 2. The Bertz CT molecular complexity index is 1090. The molecule has 0 radical (unpaired) electrons. The Kier molecular flexibility index (Phi) is 6.15. The summed E-state index contributed by atoms with van der Waals surface area (Å²) in [5, 5.41) is 2.33. The summed E-state index contributed by atoms with van der Waals surface area (Å²) in [4.78, 5) is 43.2. The molecule has 0 atom stereocenters. The van der Waals surface area contributed by atoms with Crippen LogP contribution in [0.1, 0.15) is 17.3 Å². The van der Waals surface area contributed by atoms with Crippen LogP contribution in [0.3, 0.4) is 0 Å². The van der Waals surface area contributed by atoms with E-state index in [0.717, 1.165) is 0 Å². The van der Waals surface area contributed by atoms with Crippen LogP contribution in [0, 0.1) is 0 Å². The van der Waals surface area contributed by atoms with E-state index in [1.165, 1.54) is 35.1 Å². The molecule has 3 aromatic rings. The minimum atomic E-state index is -0.507. The normalized spacial score (nSPS) is 10.8. The van der Waals surface area contributed by atoms with E-state index in [0.29, 0.717) is 33.2 Å². The van der Waals surface area contributed by atoms with E-state index in [4.69, 9.17) is 4.74 Å². The van der Waals surface area contributed by atoms with Crippen LogP contribution in [0.4, 0.5) is 5.69 Å². The first-order valence-electron chi connectivity index (χ1n) is 8.52. The van der Waals surface area contributed by atoms with E-state index in [-0.39, 0.29) is 17.2 Å². The van der Waals surface area contributed by atoms with Gasteiger partial charge in [0.1, 0.15) is 4.70 Å². The number of carbonyl (C=O) groups is 2. The van der Waals surface area contributed by atoms with Gasteiger partial charge in [-0.1, -0.05) is 23.9 Å². The van der Waals surface area contributed by atoms with Crippen LogP contribution in [0.5, 0.6) is 0 Å². The zero-order valence-corrected chi connectivity index (χ0v) is 17.3. The monoisotopic (exact) mass is 417 g/mol. The van der Waals surface area contributed by atoms with E-state index in [2.05, 4.69) is 4.98 Å². The maximum atomic E-state index is 12.7. The highest BCUT2D eigenvalue weighted by atomic mass is 32.2. The van der Waals surface area contributed by atoms with E-state index < -0.39 is 5.97 Å². The number of anilines is 1. The van der Waals surface area contributed by atoms with Crippen molar-refractivity contribution in [2.45, 2.75) is 18.6 Å². The van der Waals surface area contributed by atoms with Crippen LogP contribution in [0.2, 0.25) is 0 Å². The summed E-state index contributed by atoms with van der Waals surface area (Å²) >= 11 is 2.57. The van der Waals surface area contributed by atoms with E-state index in [1.54, 1.807) is 41.9 Å². The van der Waals surface area contributed by atoms with Gasteiger partial charge in [0.05, 0.1) is 29.6 Å². The van der Waals surface area contributed by atoms with E-state index in [9.17, 15) is 14.4 Å². The lowest BCUT2D eigenvalue weighted by molar-refractivity contribution is -0.115. The molecule has 0 spiro atoms. The number of hydrogen-bond acceptors (Lipinski definition) is 7. The van der Waals surface area contributed by atoms with Crippen molar-refractivity contribution in [3.05, 3.63) is 51.6 Å². The van der Waals surface area contributed by atoms with Crippen LogP contribution >= 0.6 is 23.1 Å². The molecule has 0 saturated heterocycles. The largest absolute Gasteiger partial charge is 0.465 e. The van der Waals surface area contributed by atoms with Gasteiger partial charge in [0, 0.05) is 13.6 Å². The first kappa shape index (κ1) is 20.1. The molecular weight excluding hydrogens is 398 g/mol. The number of hydrogen-bond donors (Lipinski definition) is 0. The summed E-state index contributed by atoms with van der Waals surface area (Å²) in [7, 11) is 2.90. The van der Waals surface area contributed by atoms with Crippen molar-refractivity contribution in [1.29, 1.82) is 0 Å². The highest BCUT2D eigenvalue weighted by Gasteiger charge is 2.20. The van der Waals surface area contributed by atoms with Crippen LogP contribution in [-0.4, -0.2) is 41.3 Å². The summed E-state index contributed by atoms with van der Waals surface area (Å²) in [5.41, 5.74) is 1.32. The summed E-state index contributed by atoms with van der Waals surface area (Å²) in [6, 6.07) is 8.56. The Morgan fingerprint density at radius 3 is 2.75 bits per heavy atom. The fraction of sp³-hybridized carbons (Fsp3) is 0.263. The summed E-state index contributed by atoms with van der Waals surface area (Å²) in [5.74, 6) is -0.648. The molecule has 146 valence electrons. The number of nitrogens with zero attached hydrogens (tertiary/aromatic N) is 3. The molecule has 2 aromatic heterocycles. The molecule has 3 rings (SSSR count). The predicted molar refractivity (Wildman–Crippen MR) is 111 cm³/mol. The van der Waals surface area contributed by atoms with Crippen LogP contribution in [-0.2, 0) is 16.1 Å². The molecule has 7 nitrogen and oxygen atoms in total. The Hall–Kier alpha value is -2.65. The van der Waals surface area contributed by atoms with Gasteiger partial charge in [-0.05, 0) is 30.5 Å². The molecule has 0 fully saturated rings. The van der Waals surface area contributed by atoms with Gasteiger partial charge >= 0.3 is 5.97 Å². The molecule has 1 amide bonds. The number of ether oxygens (including phenoxy) is 1. The maximum absolute atomic E-state index is 12.7. The minimum absolute atomic E-state index is 0.0775. The van der Waals surface area contributed by atoms with Gasteiger partial charge in [-0.3, -0.25) is 14.2 Å². The number of fused-ring (bicyclic) bond motifs is 1. The van der Waals surface area contributed by atoms with Crippen molar-refractivity contribution in [2.75, 3.05) is 24.8 Å². The van der Waals surface area contributed by atoms with Crippen molar-refractivity contribution in [3.8, 4) is 0 Å². The van der Waals surface area contributed by atoms with Gasteiger partial charge < -0.3 is 9.64 Å². The molecule has 0 aliphatic rings. The van der Waals surface area contributed by atoms with Gasteiger partial charge in [-0.25, -0.2) is 9.78 Å². The summed E-state index contributed by atoms with van der Waals surface area (Å²) in [6.45, 7) is 2.34.